The zero-order chi connectivity index (χ0) is 15.1. The first-order chi connectivity index (χ1) is 9.23. The SMILES string of the molecule is CC(C)C1CCN(S(=O)(=O)c2cc(N)cc(Cl)c2F)C1. The molecular formula is C13H18ClFN2O2S. The summed E-state index contributed by atoms with van der Waals surface area (Å²) in [6.45, 7) is 4.92. The second kappa shape index (κ2) is 5.50. The molecule has 112 valence electrons. The van der Waals surface area contributed by atoms with Gasteiger partial charge in [0.2, 0.25) is 10.0 Å². The number of nitrogens with zero attached hydrogens (tertiary/aromatic N) is 1. The molecule has 1 fully saturated rings. The van der Waals surface area contributed by atoms with Crippen molar-refractivity contribution in [2.24, 2.45) is 11.8 Å². The molecule has 0 amide bonds. The van der Waals surface area contributed by atoms with Crippen LogP contribution in [0.25, 0.3) is 0 Å². The van der Waals surface area contributed by atoms with Crippen molar-refractivity contribution in [3.63, 3.8) is 0 Å². The van der Waals surface area contributed by atoms with E-state index >= 15 is 0 Å². The van der Waals surface area contributed by atoms with Crippen molar-refractivity contribution in [2.75, 3.05) is 18.8 Å². The van der Waals surface area contributed by atoms with Crippen molar-refractivity contribution in [3.8, 4) is 0 Å². The molecule has 1 aliphatic heterocycles. The molecule has 4 nitrogen and oxygen atoms in total. The maximum absolute atomic E-state index is 14.0. The highest BCUT2D eigenvalue weighted by molar-refractivity contribution is 7.89. The second-order valence-corrected chi connectivity index (χ2v) is 7.78. The van der Waals surface area contributed by atoms with Crippen LogP contribution in [-0.2, 0) is 10.0 Å². The smallest absolute Gasteiger partial charge is 0.246 e. The van der Waals surface area contributed by atoms with Gasteiger partial charge in [-0.1, -0.05) is 25.4 Å². The van der Waals surface area contributed by atoms with Gasteiger partial charge < -0.3 is 5.73 Å². The van der Waals surface area contributed by atoms with Crippen LogP contribution in [0.2, 0.25) is 5.02 Å². The lowest BCUT2D eigenvalue weighted by atomic mass is 9.96. The molecule has 2 N–H and O–H groups in total. The highest BCUT2D eigenvalue weighted by Gasteiger charge is 2.35. The maximum atomic E-state index is 14.0. The summed E-state index contributed by atoms with van der Waals surface area (Å²) in [7, 11) is -3.89. The first-order valence-electron chi connectivity index (χ1n) is 6.48. The van der Waals surface area contributed by atoms with Gasteiger partial charge >= 0.3 is 0 Å². The Hall–Kier alpha value is -0.850. The quantitative estimate of drug-likeness (QED) is 0.871. The van der Waals surface area contributed by atoms with Crippen LogP contribution >= 0.6 is 11.6 Å². The fraction of sp³-hybridized carbons (Fsp3) is 0.538. The summed E-state index contributed by atoms with van der Waals surface area (Å²) in [5, 5.41) is -0.275. The molecule has 0 aromatic heterocycles. The van der Waals surface area contributed by atoms with Crippen molar-refractivity contribution < 1.29 is 12.8 Å². The summed E-state index contributed by atoms with van der Waals surface area (Å²) in [5.41, 5.74) is 5.70. The number of anilines is 1. The van der Waals surface area contributed by atoms with Gasteiger partial charge in [-0.3, -0.25) is 0 Å². The Bertz CT molecular complexity index is 619. The van der Waals surface area contributed by atoms with Crippen LogP contribution in [0.3, 0.4) is 0 Å². The van der Waals surface area contributed by atoms with Gasteiger partial charge in [-0.15, -0.1) is 0 Å². The zero-order valence-corrected chi connectivity index (χ0v) is 13.0. The van der Waals surface area contributed by atoms with Gasteiger partial charge in [-0.05, 0) is 30.4 Å². The third-order valence-electron chi connectivity index (χ3n) is 3.77. The molecule has 1 aromatic rings. The van der Waals surface area contributed by atoms with E-state index in [9.17, 15) is 12.8 Å². The van der Waals surface area contributed by atoms with Gasteiger partial charge in [0, 0.05) is 18.8 Å². The molecule has 2 rings (SSSR count). The summed E-state index contributed by atoms with van der Waals surface area (Å²) >= 11 is 5.67. The Morgan fingerprint density at radius 1 is 1.45 bits per heavy atom. The maximum Gasteiger partial charge on any atom is 0.246 e. The molecule has 20 heavy (non-hydrogen) atoms. The lowest BCUT2D eigenvalue weighted by Crippen LogP contribution is -2.30. The Morgan fingerprint density at radius 2 is 2.10 bits per heavy atom. The number of nitrogens with two attached hydrogens (primary N) is 1. The number of hydrogen-bond acceptors (Lipinski definition) is 3. The third-order valence-corrected chi connectivity index (χ3v) is 5.90. The van der Waals surface area contributed by atoms with Gasteiger partial charge in [0.1, 0.15) is 4.90 Å². The predicted molar refractivity (Wildman–Crippen MR) is 77.5 cm³/mol. The average molecular weight is 321 g/mol. The predicted octanol–water partition coefficient (Wildman–Crippen LogP) is 2.73. The molecule has 0 bridgehead atoms. The lowest BCUT2D eigenvalue weighted by molar-refractivity contribution is 0.387. The number of hydrogen-bond donors (Lipinski definition) is 1. The topological polar surface area (TPSA) is 63.4 Å². The Morgan fingerprint density at radius 3 is 2.65 bits per heavy atom. The Labute approximate surface area is 123 Å². The molecule has 1 saturated heterocycles. The van der Waals surface area contributed by atoms with Crippen molar-refractivity contribution in [1.29, 1.82) is 0 Å². The summed E-state index contributed by atoms with van der Waals surface area (Å²) < 4.78 is 40.3. The number of rotatable bonds is 3. The third kappa shape index (κ3) is 2.77. The Kier molecular flexibility index (Phi) is 4.27. The van der Waals surface area contributed by atoms with E-state index in [1.807, 2.05) is 0 Å². The largest absolute Gasteiger partial charge is 0.399 e. The molecule has 1 aliphatic rings. The summed E-state index contributed by atoms with van der Waals surface area (Å²) in [5.74, 6) is -0.247. The molecule has 7 heteroatoms. The number of benzene rings is 1. The standard InChI is InChI=1S/C13H18ClFN2O2S/c1-8(2)9-3-4-17(7-9)20(18,19)12-6-10(16)5-11(14)13(12)15/h5-6,8-9H,3-4,7,16H2,1-2H3. The van der Waals surface area contributed by atoms with E-state index in [4.69, 9.17) is 17.3 Å². The van der Waals surface area contributed by atoms with Crippen LogP contribution in [0.1, 0.15) is 20.3 Å². The minimum Gasteiger partial charge on any atom is -0.399 e. The highest BCUT2D eigenvalue weighted by Crippen LogP contribution is 2.32. The minimum atomic E-state index is -3.89. The summed E-state index contributed by atoms with van der Waals surface area (Å²) in [6, 6.07) is 2.33. The van der Waals surface area contributed by atoms with E-state index < -0.39 is 20.7 Å². The first kappa shape index (κ1) is 15.5. The van der Waals surface area contributed by atoms with Gasteiger partial charge in [0.05, 0.1) is 5.02 Å². The zero-order valence-electron chi connectivity index (χ0n) is 11.4. The molecule has 0 spiro atoms. The van der Waals surface area contributed by atoms with E-state index in [-0.39, 0.29) is 10.7 Å². The number of sulfonamides is 1. The van der Waals surface area contributed by atoms with Crippen molar-refractivity contribution in [3.05, 3.63) is 23.0 Å². The van der Waals surface area contributed by atoms with Crippen LogP contribution in [0, 0.1) is 17.7 Å². The summed E-state index contributed by atoms with van der Waals surface area (Å²) in [4.78, 5) is -0.438. The molecule has 1 unspecified atom stereocenters. The molecule has 0 saturated carbocycles. The van der Waals surface area contributed by atoms with E-state index in [1.165, 1.54) is 10.4 Å². The van der Waals surface area contributed by atoms with Gasteiger partial charge in [0.25, 0.3) is 0 Å². The monoisotopic (exact) mass is 320 g/mol. The van der Waals surface area contributed by atoms with E-state index in [0.717, 1.165) is 12.5 Å². The van der Waals surface area contributed by atoms with Crippen LogP contribution in [0.4, 0.5) is 10.1 Å². The molecular weight excluding hydrogens is 303 g/mol. The van der Waals surface area contributed by atoms with Gasteiger partial charge in [-0.25, -0.2) is 12.8 Å². The number of nitrogen functional groups attached to an aromatic ring is 1. The average Bonchev–Trinajstić information content (AvgIpc) is 2.83. The van der Waals surface area contributed by atoms with E-state index in [2.05, 4.69) is 13.8 Å². The van der Waals surface area contributed by atoms with Gasteiger partial charge in [0.15, 0.2) is 5.82 Å². The van der Waals surface area contributed by atoms with E-state index in [0.29, 0.717) is 24.9 Å². The van der Waals surface area contributed by atoms with Gasteiger partial charge in [-0.2, -0.15) is 4.31 Å². The fourth-order valence-electron chi connectivity index (χ4n) is 2.43. The van der Waals surface area contributed by atoms with E-state index in [1.54, 1.807) is 0 Å². The first-order valence-corrected chi connectivity index (χ1v) is 8.30. The van der Waals surface area contributed by atoms with Crippen LogP contribution in [0.5, 0.6) is 0 Å². The fourth-order valence-corrected chi connectivity index (χ4v) is 4.34. The van der Waals surface area contributed by atoms with Crippen LogP contribution in [0.15, 0.2) is 17.0 Å². The minimum absolute atomic E-state index is 0.134. The van der Waals surface area contributed by atoms with Crippen molar-refractivity contribution >= 4 is 27.3 Å². The molecule has 1 aromatic carbocycles. The lowest BCUT2D eigenvalue weighted by Gasteiger charge is -2.19. The molecule has 1 atom stereocenters. The van der Waals surface area contributed by atoms with Crippen molar-refractivity contribution in [2.45, 2.75) is 25.2 Å². The Balaban J connectivity index is 2.37. The van der Waals surface area contributed by atoms with Crippen molar-refractivity contribution in [1.82, 2.24) is 4.31 Å². The van der Waals surface area contributed by atoms with Crippen LogP contribution < -0.4 is 5.73 Å². The number of halogens is 2. The highest BCUT2D eigenvalue weighted by atomic mass is 35.5. The normalized spacial score (nSPS) is 20.8. The molecule has 1 heterocycles. The van der Waals surface area contributed by atoms with Crippen LogP contribution in [-0.4, -0.2) is 25.8 Å². The summed E-state index contributed by atoms with van der Waals surface area (Å²) in [6.07, 6.45) is 0.786. The molecule has 0 radical (unpaired) electrons. The molecule has 0 aliphatic carbocycles. The second-order valence-electron chi connectivity index (χ2n) is 5.47.